The number of halogens is 1. The van der Waals surface area contributed by atoms with Gasteiger partial charge in [0.05, 0.1) is 5.57 Å². The third-order valence-electron chi connectivity index (χ3n) is 3.83. The zero-order valence-electron chi connectivity index (χ0n) is 12.4. The molecule has 1 aliphatic heterocycles. The van der Waals surface area contributed by atoms with E-state index < -0.39 is 0 Å². The molecule has 0 atom stereocenters. The van der Waals surface area contributed by atoms with Gasteiger partial charge in [0.25, 0.3) is 5.91 Å². The average molecular weight is 358 g/mol. The van der Waals surface area contributed by atoms with Crippen molar-refractivity contribution in [3.8, 4) is 5.75 Å². The van der Waals surface area contributed by atoms with Crippen LogP contribution in [-0.2, 0) is 4.79 Å². The van der Waals surface area contributed by atoms with E-state index in [2.05, 4.69) is 21.2 Å². The standard InChI is InChI=1S/C18H16BrNO2/c1-11-4-3-5-16(12(11)2)20-18(21)14-8-13-9-15(19)6-7-17(13)22-10-14/h3-9H,10H2,1-2H3,(H,20,21). The zero-order chi connectivity index (χ0) is 15.7. The van der Waals surface area contributed by atoms with E-state index in [4.69, 9.17) is 4.74 Å². The fourth-order valence-corrected chi connectivity index (χ4v) is 2.75. The van der Waals surface area contributed by atoms with E-state index in [0.29, 0.717) is 5.57 Å². The minimum absolute atomic E-state index is 0.126. The van der Waals surface area contributed by atoms with Crippen LogP contribution in [0.15, 0.2) is 46.4 Å². The van der Waals surface area contributed by atoms with Crippen molar-refractivity contribution in [2.24, 2.45) is 0 Å². The molecule has 1 aliphatic rings. The molecule has 0 radical (unpaired) electrons. The number of anilines is 1. The maximum absolute atomic E-state index is 12.5. The number of rotatable bonds is 2. The molecule has 3 rings (SSSR count). The quantitative estimate of drug-likeness (QED) is 0.860. The first-order chi connectivity index (χ1) is 10.5. The molecule has 1 amide bonds. The van der Waals surface area contributed by atoms with Gasteiger partial charge in [0.1, 0.15) is 12.4 Å². The summed E-state index contributed by atoms with van der Waals surface area (Å²) in [6.45, 7) is 4.32. The number of fused-ring (bicyclic) bond motifs is 1. The first-order valence-electron chi connectivity index (χ1n) is 7.05. The molecule has 22 heavy (non-hydrogen) atoms. The van der Waals surface area contributed by atoms with Crippen LogP contribution in [0.4, 0.5) is 5.69 Å². The van der Waals surface area contributed by atoms with Gasteiger partial charge in [-0.3, -0.25) is 4.79 Å². The lowest BCUT2D eigenvalue weighted by Gasteiger charge is -2.18. The van der Waals surface area contributed by atoms with Crippen LogP contribution < -0.4 is 10.1 Å². The number of aryl methyl sites for hydroxylation is 1. The van der Waals surface area contributed by atoms with Crippen molar-refractivity contribution in [1.29, 1.82) is 0 Å². The molecule has 0 spiro atoms. The summed E-state index contributed by atoms with van der Waals surface area (Å²) in [5, 5.41) is 2.97. The van der Waals surface area contributed by atoms with Crippen molar-refractivity contribution in [2.75, 3.05) is 11.9 Å². The van der Waals surface area contributed by atoms with Gasteiger partial charge < -0.3 is 10.1 Å². The monoisotopic (exact) mass is 357 g/mol. The fraction of sp³-hybridized carbons (Fsp3) is 0.167. The topological polar surface area (TPSA) is 38.3 Å². The first-order valence-corrected chi connectivity index (χ1v) is 7.84. The fourth-order valence-electron chi connectivity index (χ4n) is 2.37. The van der Waals surface area contributed by atoms with Crippen LogP contribution >= 0.6 is 15.9 Å². The number of ether oxygens (including phenoxy) is 1. The molecule has 1 N–H and O–H groups in total. The second kappa shape index (κ2) is 5.97. The van der Waals surface area contributed by atoms with Gasteiger partial charge in [-0.1, -0.05) is 28.1 Å². The maximum Gasteiger partial charge on any atom is 0.255 e. The molecule has 0 unspecified atom stereocenters. The predicted molar refractivity (Wildman–Crippen MR) is 92.2 cm³/mol. The van der Waals surface area contributed by atoms with Crippen molar-refractivity contribution >= 4 is 33.6 Å². The third-order valence-corrected chi connectivity index (χ3v) is 4.32. The number of benzene rings is 2. The Hall–Kier alpha value is -2.07. The van der Waals surface area contributed by atoms with Crippen LogP contribution in [-0.4, -0.2) is 12.5 Å². The molecule has 1 heterocycles. The Morgan fingerprint density at radius 2 is 2.05 bits per heavy atom. The van der Waals surface area contributed by atoms with Gasteiger partial charge in [-0.05, 0) is 55.3 Å². The molecular formula is C18H16BrNO2. The largest absolute Gasteiger partial charge is 0.488 e. The van der Waals surface area contributed by atoms with E-state index in [1.807, 2.05) is 56.3 Å². The Kier molecular flexibility index (Phi) is 4.03. The van der Waals surface area contributed by atoms with Gasteiger partial charge in [0.2, 0.25) is 0 Å². The van der Waals surface area contributed by atoms with Gasteiger partial charge in [0.15, 0.2) is 0 Å². The summed E-state index contributed by atoms with van der Waals surface area (Å²) in [5.74, 6) is 0.672. The summed E-state index contributed by atoms with van der Waals surface area (Å²) in [5.41, 5.74) is 4.60. The highest BCUT2D eigenvalue weighted by atomic mass is 79.9. The molecule has 0 fully saturated rings. The Morgan fingerprint density at radius 3 is 2.86 bits per heavy atom. The molecule has 3 nitrogen and oxygen atoms in total. The summed E-state index contributed by atoms with van der Waals surface area (Å²) in [7, 11) is 0. The van der Waals surface area contributed by atoms with Gasteiger partial charge in [-0.25, -0.2) is 0 Å². The predicted octanol–water partition coefficient (Wildman–Crippen LogP) is 4.48. The molecule has 0 bridgehead atoms. The third kappa shape index (κ3) is 2.92. The highest BCUT2D eigenvalue weighted by Gasteiger charge is 2.18. The summed E-state index contributed by atoms with van der Waals surface area (Å²) in [6, 6.07) is 11.6. The first kappa shape index (κ1) is 14.9. The molecule has 0 aliphatic carbocycles. The lowest BCUT2D eigenvalue weighted by atomic mass is 10.1. The lowest BCUT2D eigenvalue weighted by molar-refractivity contribution is -0.113. The molecule has 112 valence electrons. The van der Waals surface area contributed by atoms with Crippen LogP contribution in [0.1, 0.15) is 16.7 Å². The van der Waals surface area contributed by atoms with E-state index in [-0.39, 0.29) is 12.5 Å². The van der Waals surface area contributed by atoms with Crippen LogP contribution in [0.2, 0.25) is 0 Å². The molecule has 2 aromatic rings. The average Bonchev–Trinajstić information content (AvgIpc) is 2.51. The van der Waals surface area contributed by atoms with Gasteiger partial charge >= 0.3 is 0 Å². The molecule has 0 aromatic heterocycles. The Labute approximate surface area is 138 Å². The van der Waals surface area contributed by atoms with E-state index >= 15 is 0 Å². The number of amides is 1. The number of nitrogens with one attached hydrogen (secondary N) is 1. The summed E-state index contributed by atoms with van der Waals surface area (Å²) >= 11 is 3.43. The van der Waals surface area contributed by atoms with E-state index in [1.165, 1.54) is 0 Å². The molecule has 0 saturated carbocycles. The SMILES string of the molecule is Cc1cccc(NC(=O)C2=Cc3cc(Br)ccc3OC2)c1C. The van der Waals surface area contributed by atoms with Gasteiger partial charge in [-0.2, -0.15) is 0 Å². The van der Waals surface area contributed by atoms with E-state index in [1.54, 1.807) is 0 Å². The van der Waals surface area contributed by atoms with Gasteiger partial charge in [-0.15, -0.1) is 0 Å². The second-order valence-corrected chi connectivity index (χ2v) is 6.26. The minimum Gasteiger partial charge on any atom is -0.488 e. The highest BCUT2D eigenvalue weighted by Crippen LogP contribution is 2.29. The number of hydrogen-bond acceptors (Lipinski definition) is 2. The molecular weight excluding hydrogens is 342 g/mol. The van der Waals surface area contributed by atoms with Crippen LogP contribution in [0.25, 0.3) is 6.08 Å². The number of carbonyl (C=O) groups is 1. The van der Waals surface area contributed by atoms with E-state index in [9.17, 15) is 4.79 Å². The second-order valence-electron chi connectivity index (χ2n) is 5.34. The summed E-state index contributed by atoms with van der Waals surface area (Å²) in [4.78, 5) is 12.5. The van der Waals surface area contributed by atoms with Crippen LogP contribution in [0, 0.1) is 13.8 Å². The Morgan fingerprint density at radius 1 is 1.23 bits per heavy atom. The molecule has 4 heteroatoms. The van der Waals surface area contributed by atoms with Crippen molar-refractivity contribution in [3.05, 3.63) is 63.1 Å². The van der Waals surface area contributed by atoms with Crippen molar-refractivity contribution in [1.82, 2.24) is 0 Å². The number of hydrogen-bond donors (Lipinski definition) is 1. The van der Waals surface area contributed by atoms with Crippen molar-refractivity contribution in [3.63, 3.8) is 0 Å². The maximum atomic E-state index is 12.5. The van der Waals surface area contributed by atoms with E-state index in [0.717, 1.165) is 32.6 Å². The highest BCUT2D eigenvalue weighted by molar-refractivity contribution is 9.10. The minimum atomic E-state index is -0.126. The van der Waals surface area contributed by atoms with Crippen molar-refractivity contribution in [2.45, 2.75) is 13.8 Å². The van der Waals surface area contributed by atoms with Crippen LogP contribution in [0.5, 0.6) is 5.75 Å². The number of carbonyl (C=O) groups excluding carboxylic acids is 1. The smallest absolute Gasteiger partial charge is 0.255 e. The lowest BCUT2D eigenvalue weighted by Crippen LogP contribution is -2.21. The van der Waals surface area contributed by atoms with Gasteiger partial charge in [0, 0.05) is 15.7 Å². The Bertz CT molecular complexity index is 781. The normalized spacial score (nSPS) is 13.0. The molecule has 2 aromatic carbocycles. The van der Waals surface area contributed by atoms with Crippen LogP contribution in [0.3, 0.4) is 0 Å². The molecule has 0 saturated heterocycles. The summed E-state index contributed by atoms with van der Waals surface area (Å²) in [6.07, 6.45) is 1.88. The van der Waals surface area contributed by atoms with Crippen molar-refractivity contribution < 1.29 is 9.53 Å². The zero-order valence-corrected chi connectivity index (χ0v) is 14.0. The Balaban J connectivity index is 1.85. The summed E-state index contributed by atoms with van der Waals surface area (Å²) < 4.78 is 6.61.